The van der Waals surface area contributed by atoms with Crippen LogP contribution in [0.25, 0.3) is 0 Å². The van der Waals surface area contributed by atoms with Crippen molar-refractivity contribution in [1.29, 1.82) is 0 Å². The summed E-state index contributed by atoms with van der Waals surface area (Å²) in [7, 11) is 1.41. The Morgan fingerprint density at radius 3 is 2.05 bits per heavy atom. The Balaban J connectivity index is 2.83. The third-order valence-electron chi connectivity index (χ3n) is 3.67. The van der Waals surface area contributed by atoms with Gasteiger partial charge in [-0.15, -0.1) is 0 Å². The van der Waals surface area contributed by atoms with Crippen molar-refractivity contribution in [1.82, 2.24) is 0 Å². The van der Waals surface area contributed by atoms with Gasteiger partial charge in [-0.3, -0.25) is 4.79 Å². The number of hydrogen-bond donors (Lipinski definition) is 1. The van der Waals surface area contributed by atoms with E-state index in [2.05, 4.69) is 45.0 Å². The maximum absolute atomic E-state index is 11.7. The number of methoxy groups -OCH3 is 1. The second kappa shape index (κ2) is 5.96. The van der Waals surface area contributed by atoms with Crippen molar-refractivity contribution in [3.8, 4) is 0 Å². The van der Waals surface area contributed by atoms with E-state index in [1.54, 1.807) is 0 Å². The van der Waals surface area contributed by atoms with Crippen molar-refractivity contribution < 1.29 is 9.53 Å². The summed E-state index contributed by atoms with van der Waals surface area (Å²) in [6.07, 6.45) is 0.564. The number of benzene rings is 1. The van der Waals surface area contributed by atoms with Gasteiger partial charge in [0, 0.05) is 6.04 Å². The van der Waals surface area contributed by atoms with E-state index in [1.807, 2.05) is 13.8 Å². The number of nitrogens with two attached hydrogens (primary N) is 1. The summed E-state index contributed by atoms with van der Waals surface area (Å²) in [6.45, 7) is 10.3. The molecule has 0 aliphatic carbocycles. The first-order valence-corrected chi connectivity index (χ1v) is 7.02. The minimum atomic E-state index is -0.573. The van der Waals surface area contributed by atoms with Gasteiger partial charge in [-0.2, -0.15) is 0 Å². The molecule has 2 N–H and O–H groups in total. The van der Waals surface area contributed by atoms with Gasteiger partial charge in [0.25, 0.3) is 0 Å². The van der Waals surface area contributed by atoms with Crippen LogP contribution in [-0.4, -0.2) is 13.1 Å². The van der Waals surface area contributed by atoms with Crippen LogP contribution in [0.15, 0.2) is 24.3 Å². The van der Waals surface area contributed by atoms with E-state index in [1.165, 1.54) is 12.7 Å². The molecule has 1 aromatic carbocycles. The molecule has 3 heteroatoms. The van der Waals surface area contributed by atoms with Gasteiger partial charge in [-0.05, 0) is 36.8 Å². The van der Waals surface area contributed by atoms with E-state index >= 15 is 0 Å². The van der Waals surface area contributed by atoms with Gasteiger partial charge >= 0.3 is 5.97 Å². The van der Waals surface area contributed by atoms with Gasteiger partial charge in [0.15, 0.2) is 0 Å². The lowest BCUT2D eigenvalue weighted by Gasteiger charge is -2.26. The van der Waals surface area contributed by atoms with Gasteiger partial charge in [-0.25, -0.2) is 0 Å². The molecule has 0 aromatic heterocycles. The Hall–Kier alpha value is -1.35. The molecule has 0 fully saturated rings. The fourth-order valence-corrected chi connectivity index (χ4v) is 2.26. The molecule has 0 heterocycles. The van der Waals surface area contributed by atoms with Gasteiger partial charge in [-0.1, -0.05) is 45.0 Å². The Morgan fingerprint density at radius 2 is 1.65 bits per heavy atom. The standard InChI is InChI=1S/C17H27NO2/c1-16(2,3)13-9-7-12(8-10-13)14(18)11-17(4,5)15(19)20-6/h7-10,14H,11,18H2,1-6H3. The van der Waals surface area contributed by atoms with Crippen LogP contribution in [0.1, 0.15) is 58.2 Å². The number of carbonyl (C=O) groups is 1. The van der Waals surface area contributed by atoms with E-state index in [0.29, 0.717) is 6.42 Å². The Kier molecular flexibility index (Phi) is 4.98. The molecule has 1 aromatic rings. The van der Waals surface area contributed by atoms with Crippen LogP contribution in [0.2, 0.25) is 0 Å². The number of hydrogen-bond acceptors (Lipinski definition) is 3. The van der Waals surface area contributed by atoms with Gasteiger partial charge in [0.05, 0.1) is 12.5 Å². The van der Waals surface area contributed by atoms with Crippen molar-refractivity contribution in [2.75, 3.05) is 7.11 Å². The van der Waals surface area contributed by atoms with Gasteiger partial charge in [0.1, 0.15) is 0 Å². The first-order valence-electron chi connectivity index (χ1n) is 7.02. The van der Waals surface area contributed by atoms with Crippen LogP contribution >= 0.6 is 0 Å². The lowest BCUT2D eigenvalue weighted by atomic mass is 9.82. The predicted molar refractivity (Wildman–Crippen MR) is 82.5 cm³/mol. The largest absolute Gasteiger partial charge is 0.469 e. The van der Waals surface area contributed by atoms with Crippen molar-refractivity contribution in [3.05, 3.63) is 35.4 Å². The minimum Gasteiger partial charge on any atom is -0.469 e. The minimum absolute atomic E-state index is 0.133. The smallest absolute Gasteiger partial charge is 0.311 e. The van der Waals surface area contributed by atoms with E-state index < -0.39 is 5.41 Å². The first-order chi connectivity index (χ1) is 9.08. The Bertz CT molecular complexity index is 455. The van der Waals surface area contributed by atoms with Gasteiger partial charge < -0.3 is 10.5 Å². The molecule has 0 saturated heterocycles. The van der Waals surface area contributed by atoms with Crippen LogP contribution in [-0.2, 0) is 14.9 Å². The molecule has 0 aliphatic rings. The monoisotopic (exact) mass is 277 g/mol. The van der Waals surface area contributed by atoms with Crippen LogP contribution in [0, 0.1) is 5.41 Å². The highest BCUT2D eigenvalue weighted by molar-refractivity contribution is 5.75. The summed E-state index contributed by atoms with van der Waals surface area (Å²) in [5.74, 6) is -0.223. The molecule has 1 rings (SSSR count). The molecular formula is C17H27NO2. The molecule has 0 radical (unpaired) electrons. The molecule has 0 aliphatic heterocycles. The van der Waals surface area contributed by atoms with Crippen LogP contribution in [0.4, 0.5) is 0 Å². The maximum atomic E-state index is 11.7. The topological polar surface area (TPSA) is 52.3 Å². The highest BCUT2D eigenvalue weighted by Crippen LogP contribution is 2.31. The maximum Gasteiger partial charge on any atom is 0.311 e. The average Bonchev–Trinajstić information content (AvgIpc) is 2.36. The van der Waals surface area contributed by atoms with Crippen molar-refractivity contribution in [3.63, 3.8) is 0 Å². The van der Waals surface area contributed by atoms with Crippen LogP contribution in [0.5, 0.6) is 0 Å². The van der Waals surface area contributed by atoms with Crippen molar-refractivity contribution >= 4 is 5.97 Å². The molecule has 0 saturated carbocycles. The Labute approximate surface area is 122 Å². The molecule has 3 nitrogen and oxygen atoms in total. The molecule has 20 heavy (non-hydrogen) atoms. The van der Waals surface area contributed by atoms with E-state index in [0.717, 1.165) is 5.56 Å². The lowest BCUT2D eigenvalue weighted by molar-refractivity contribution is -0.151. The highest BCUT2D eigenvalue weighted by atomic mass is 16.5. The van der Waals surface area contributed by atoms with Crippen LogP contribution in [0.3, 0.4) is 0 Å². The molecule has 112 valence electrons. The zero-order chi connectivity index (χ0) is 15.6. The average molecular weight is 277 g/mol. The van der Waals surface area contributed by atoms with E-state index in [9.17, 15) is 4.79 Å². The third kappa shape index (κ3) is 4.07. The SMILES string of the molecule is COC(=O)C(C)(C)CC(N)c1ccc(C(C)(C)C)cc1. The fourth-order valence-electron chi connectivity index (χ4n) is 2.26. The summed E-state index contributed by atoms with van der Waals surface area (Å²) in [4.78, 5) is 11.7. The summed E-state index contributed by atoms with van der Waals surface area (Å²) < 4.78 is 4.82. The number of esters is 1. The Morgan fingerprint density at radius 1 is 1.15 bits per heavy atom. The van der Waals surface area contributed by atoms with E-state index in [-0.39, 0.29) is 17.4 Å². The second-order valence-electron chi connectivity index (χ2n) is 7.06. The predicted octanol–water partition coefficient (Wildman–Crippen LogP) is 3.57. The van der Waals surface area contributed by atoms with Crippen molar-refractivity contribution in [2.45, 2.75) is 52.5 Å². The molecular weight excluding hydrogens is 250 g/mol. The molecule has 1 unspecified atom stereocenters. The number of ether oxygens (including phenoxy) is 1. The summed E-state index contributed by atoms with van der Waals surface area (Å²) in [5, 5.41) is 0. The zero-order valence-corrected chi connectivity index (χ0v) is 13.5. The second-order valence-corrected chi connectivity index (χ2v) is 7.06. The quantitative estimate of drug-likeness (QED) is 0.856. The summed E-state index contributed by atoms with van der Waals surface area (Å²) >= 11 is 0. The summed E-state index contributed by atoms with van der Waals surface area (Å²) in [5.41, 5.74) is 8.11. The third-order valence-corrected chi connectivity index (χ3v) is 3.67. The van der Waals surface area contributed by atoms with E-state index in [4.69, 9.17) is 10.5 Å². The molecule has 0 bridgehead atoms. The van der Waals surface area contributed by atoms with Crippen molar-refractivity contribution in [2.24, 2.45) is 11.1 Å². The van der Waals surface area contributed by atoms with Crippen LogP contribution < -0.4 is 5.73 Å². The summed E-state index contributed by atoms with van der Waals surface area (Å²) in [6, 6.07) is 8.16. The number of carbonyl (C=O) groups excluding carboxylic acids is 1. The first kappa shape index (κ1) is 16.7. The lowest BCUT2D eigenvalue weighted by Crippen LogP contribution is -2.30. The number of rotatable bonds is 4. The molecule has 0 amide bonds. The zero-order valence-electron chi connectivity index (χ0n) is 13.5. The fraction of sp³-hybridized carbons (Fsp3) is 0.588. The normalized spacial score (nSPS) is 13.9. The highest BCUT2D eigenvalue weighted by Gasteiger charge is 2.31. The van der Waals surface area contributed by atoms with Gasteiger partial charge in [0.2, 0.25) is 0 Å². The molecule has 0 spiro atoms. The molecule has 1 atom stereocenters.